The number of hydrogen-bond donors (Lipinski definition) is 2. The van der Waals surface area contributed by atoms with Crippen molar-refractivity contribution in [2.75, 3.05) is 19.7 Å². The van der Waals surface area contributed by atoms with Crippen molar-refractivity contribution in [1.82, 2.24) is 20.6 Å². The number of carbonyl (C=O) groups is 1. The van der Waals surface area contributed by atoms with E-state index < -0.39 is 5.54 Å². The number of nitrogens with one attached hydrogen (secondary N) is 2. The van der Waals surface area contributed by atoms with Crippen molar-refractivity contribution in [2.45, 2.75) is 26.3 Å². The van der Waals surface area contributed by atoms with Crippen LogP contribution in [0.25, 0.3) is 0 Å². The minimum absolute atomic E-state index is 0.149. The largest absolute Gasteiger partial charge is 0.474 e. The molecular formula is C15H22N4O2. The van der Waals surface area contributed by atoms with Crippen molar-refractivity contribution in [1.29, 1.82) is 0 Å². The van der Waals surface area contributed by atoms with Gasteiger partial charge in [-0.2, -0.15) is 0 Å². The predicted octanol–water partition coefficient (Wildman–Crippen LogP) is 0.524. The topological polar surface area (TPSA) is 76.1 Å². The Labute approximate surface area is 124 Å². The van der Waals surface area contributed by atoms with Crippen LogP contribution in [0.3, 0.4) is 0 Å². The molecule has 0 bridgehead atoms. The smallest absolute Gasteiger partial charge is 0.235 e. The molecule has 114 valence electrons. The molecule has 6 heteroatoms. The van der Waals surface area contributed by atoms with Gasteiger partial charge in [0.1, 0.15) is 6.61 Å². The van der Waals surface area contributed by atoms with Gasteiger partial charge in [-0.15, -0.1) is 0 Å². The number of amides is 1. The van der Waals surface area contributed by atoms with Crippen LogP contribution < -0.4 is 15.4 Å². The molecule has 3 rings (SSSR count). The van der Waals surface area contributed by atoms with Crippen molar-refractivity contribution >= 4 is 5.91 Å². The van der Waals surface area contributed by atoms with Gasteiger partial charge in [0, 0.05) is 18.3 Å². The van der Waals surface area contributed by atoms with E-state index in [4.69, 9.17) is 4.74 Å². The van der Waals surface area contributed by atoms with Crippen molar-refractivity contribution in [3.63, 3.8) is 0 Å². The van der Waals surface area contributed by atoms with Gasteiger partial charge in [-0.05, 0) is 45.7 Å². The van der Waals surface area contributed by atoms with Crippen molar-refractivity contribution in [3.05, 3.63) is 18.1 Å². The second-order valence-electron chi connectivity index (χ2n) is 6.62. The maximum absolute atomic E-state index is 12.3. The Balaban J connectivity index is 1.52. The Hall–Kier alpha value is -1.69. The zero-order chi connectivity index (χ0) is 15.0. The summed E-state index contributed by atoms with van der Waals surface area (Å²) in [5.74, 6) is 1.92. The van der Waals surface area contributed by atoms with Gasteiger partial charge in [0.25, 0.3) is 0 Å². The van der Waals surface area contributed by atoms with Crippen LogP contribution in [0.4, 0.5) is 0 Å². The molecule has 2 N–H and O–H groups in total. The highest BCUT2D eigenvalue weighted by molar-refractivity contribution is 5.83. The second-order valence-corrected chi connectivity index (χ2v) is 6.62. The first-order valence-electron chi connectivity index (χ1n) is 7.41. The number of aryl methyl sites for hydroxylation is 1. The minimum Gasteiger partial charge on any atom is -0.474 e. The summed E-state index contributed by atoms with van der Waals surface area (Å²) in [6.07, 6.45) is 3.24. The fourth-order valence-electron chi connectivity index (χ4n) is 3.05. The summed E-state index contributed by atoms with van der Waals surface area (Å²) in [4.78, 5) is 20.6. The Bertz CT molecular complexity index is 536. The first-order chi connectivity index (χ1) is 9.98. The normalized spacial score (nSPS) is 27.1. The number of aromatic nitrogens is 2. The molecule has 0 spiro atoms. The quantitative estimate of drug-likeness (QED) is 0.827. The highest BCUT2D eigenvalue weighted by atomic mass is 16.5. The Morgan fingerprint density at radius 3 is 2.71 bits per heavy atom. The van der Waals surface area contributed by atoms with E-state index in [1.807, 2.05) is 20.8 Å². The third-order valence-corrected chi connectivity index (χ3v) is 4.26. The number of fused-ring (bicyclic) bond motifs is 1. The van der Waals surface area contributed by atoms with E-state index in [9.17, 15) is 4.79 Å². The Morgan fingerprint density at radius 1 is 1.38 bits per heavy atom. The highest BCUT2D eigenvalue weighted by Crippen LogP contribution is 2.48. The highest BCUT2D eigenvalue weighted by Gasteiger charge is 2.57. The molecule has 21 heavy (non-hydrogen) atoms. The number of ether oxygens (including phenoxy) is 1. The monoisotopic (exact) mass is 290 g/mol. The van der Waals surface area contributed by atoms with Crippen molar-refractivity contribution < 1.29 is 9.53 Å². The molecule has 0 aromatic carbocycles. The van der Waals surface area contributed by atoms with E-state index in [-0.39, 0.29) is 11.8 Å². The van der Waals surface area contributed by atoms with Crippen LogP contribution in [0.15, 0.2) is 12.4 Å². The third-order valence-electron chi connectivity index (χ3n) is 4.26. The molecule has 1 aromatic heterocycles. The number of piperidine rings is 1. The van der Waals surface area contributed by atoms with Gasteiger partial charge in [-0.25, -0.2) is 4.98 Å². The molecule has 0 radical (unpaired) electrons. The van der Waals surface area contributed by atoms with Gasteiger partial charge in [0.15, 0.2) is 0 Å². The summed E-state index contributed by atoms with van der Waals surface area (Å²) in [5.41, 5.74) is 0.327. The van der Waals surface area contributed by atoms with E-state index in [1.54, 1.807) is 12.4 Å². The Morgan fingerprint density at radius 2 is 2.05 bits per heavy atom. The molecule has 2 heterocycles. The third kappa shape index (κ3) is 3.00. The summed E-state index contributed by atoms with van der Waals surface area (Å²) in [6, 6.07) is 0. The lowest BCUT2D eigenvalue weighted by atomic mass is 10.1. The molecule has 1 saturated heterocycles. The lowest BCUT2D eigenvalue weighted by molar-refractivity contribution is -0.125. The molecule has 6 nitrogen and oxygen atoms in total. The molecule has 3 atom stereocenters. The van der Waals surface area contributed by atoms with Gasteiger partial charge in [0.2, 0.25) is 11.8 Å². The average Bonchev–Trinajstić information content (AvgIpc) is 2.92. The SMILES string of the molecule is Cc1nccnc1OCC(C)(C)NC(=O)C1[C@H]2CNC[C@@H]12. The first kappa shape index (κ1) is 14.3. The molecule has 1 saturated carbocycles. The van der Waals surface area contributed by atoms with E-state index in [2.05, 4.69) is 20.6 Å². The summed E-state index contributed by atoms with van der Waals surface area (Å²) in [5, 5.41) is 6.40. The predicted molar refractivity (Wildman–Crippen MR) is 77.8 cm³/mol. The fourth-order valence-corrected chi connectivity index (χ4v) is 3.05. The van der Waals surface area contributed by atoms with Crippen LogP contribution in [0.1, 0.15) is 19.5 Å². The summed E-state index contributed by atoms with van der Waals surface area (Å²) < 4.78 is 5.70. The van der Waals surface area contributed by atoms with Crippen LogP contribution in [0.5, 0.6) is 5.88 Å². The summed E-state index contributed by atoms with van der Waals surface area (Å²) >= 11 is 0. The van der Waals surface area contributed by atoms with E-state index in [0.717, 1.165) is 18.8 Å². The molecule has 2 aliphatic rings. The molecule has 1 aromatic rings. The standard InChI is InChI=1S/C15H22N4O2/c1-9-14(18-5-4-17-9)21-8-15(2,3)19-13(20)12-10-6-16-7-11(10)12/h4-5,10-12,16H,6-8H2,1-3H3,(H,19,20)/t10-,11+,12?. The van der Waals surface area contributed by atoms with E-state index in [1.165, 1.54) is 0 Å². The van der Waals surface area contributed by atoms with Gasteiger partial charge in [0.05, 0.1) is 11.2 Å². The van der Waals surface area contributed by atoms with Crippen LogP contribution in [0, 0.1) is 24.7 Å². The minimum atomic E-state index is -0.425. The van der Waals surface area contributed by atoms with E-state index >= 15 is 0 Å². The van der Waals surface area contributed by atoms with Crippen molar-refractivity contribution in [2.24, 2.45) is 17.8 Å². The fraction of sp³-hybridized carbons (Fsp3) is 0.667. The number of nitrogens with zero attached hydrogens (tertiary/aromatic N) is 2. The van der Waals surface area contributed by atoms with E-state index in [0.29, 0.717) is 24.3 Å². The lowest BCUT2D eigenvalue weighted by Gasteiger charge is -2.26. The number of rotatable bonds is 5. The molecule has 1 aliphatic carbocycles. The van der Waals surface area contributed by atoms with Gasteiger partial charge in [-0.3, -0.25) is 9.78 Å². The molecule has 2 fully saturated rings. The average molecular weight is 290 g/mol. The van der Waals surface area contributed by atoms with Gasteiger partial charge >= 0.3 is 0 Å². The van der Waals surface area contributed by atoms with Crippen LogP contribution in [-0.4, -0.2) is 41.1 Å². The maximum atomic E-state index is 12.3. The van der Waals surface area contributed by atoms with Gasteiger partial charge < -0.3 is 15.4 Å². The molecule has 1 amide bonds. The first-order valence-corrected chi connectivity index (χ1v) is 7.41. The molecule has 1 unspecified atom stereocenters. The molecule has 1 aliphatic heterocycles. The Kier molecular flexibility index (Phi) is 3.57. The number of carbonyl (C=O) groups excluding carboxylic acids is 1. The zero-order valence-electron chi connectivity index (χ0n) is 12.7. The van der Waals surface area contributed by atoms with Gasteiger partial charge in [-0.1, -0.05) is 0 Å². The summed E-state index contributed by atoms with van der Waals surface area (Å²) in [6.45, 7) is 8.10. The molecular weight excluding hydrogens is 268 g/mol. The van der Waals surface area contributed by atoms with Crippen LogP contribution >= 0.6 is 0 Å². The van der Waals surface area contributed by atoms with Crippen LogP contribution in [-0.2, 0) is 4.79 Å². The summed E-state index contributed by atoms with van der Waals surface area (Å²) in [7, 11) is 0. The lowest BCUT2D eigenvalue weighted by Crippen LogP contribution is -2.49. The number of hydrogen-bond acceptors (Lipinski definition) is 5. The van der Waals surface area contributed by atoms with Crippen LogP contribution in [0.2, 0.25) is 0 Å². The second kappa shape index (κ2) is 5.26. The zero-order valence-corrected chi connectivity index (χ0v) is 12.7. The maximum Gasteiger partial charge on any atom is 0.235 e. The van der Waals surface area contributed by atoms with Crippen molar-refractivity contribution in [3.8, 4) is 5.88 Å².